The molecule has 1 heterocycles. The number of nitrogens with zero attached hydrogens (tertiary/aromatic N) is 2. The maximum absolute atomic E-state index is 6.06. The van der Waals surface area contributed by atoms with Gasteiger partial charge in [-0.2, -0.15) is 0 Å². The van der Waals surface area contributed by atoms with Crippen LogP contribution in [0.3, 0.4) is 0 Å². The first-order chi connectivity index (χ1) is 9.58. The van der Waals surface area contributed by atoms with Crippen molar-refractivity contribution in [3.05, 3.63) is 23.8 Å². The summed E-state index contributed by atoms with van der Waals surface area (Å²) in [7, 11) is 1.69. The van der Waals surface area contributed by atoms with E-state index in [1.54, 1.807) is 7.11 Å². The maximum atomic E-state index is 6.06. The van der Waals surface area contributed by atoms with Crippen LogP contribution in [0.5, 0.6) is 5.75 Å². The van der Waals surface area contributed by atoms with Crippen LogP contribution in [0.25, 0.3) is 0 Å². The minimum absolute atomic E-state index is 0.746. The Hall–Kier alpha value is -1.26. The summed E-state index contributed by atoms with van der Waals surface area (Å²) in [5.74, 6) is 1.63. The largest absolute Gasteiger partial charge is 0.497 e. The Kier molecular flexibility index (Phi) is 5.26. The average molecular weight is 277 g/mol. The van der Waals surface area contributed by atoms with Crippen LogP contribution in [0.1, 0.15) is 19.4 Å². The van der Waals surface area contributed by atoms with Crippen LogP contribution in [-0.4, -0.2) is 49.6 Å². The van der Waals surface area contributed by atoms with Gasteiger partial charge in [-0.25, -0.2) is 0 Å². The van der Waals surface area contributed by atoms with Crippen LogP contribution >= 0.6 is 0 Å². The summed E-state index contributed by atoms with van der Waals surface area (Å²) in [5.41, 5.74) is 8.09. The number of anilines is 1. The van der Waals surface area contributed by atoms with Gasteiger partial charge in [-0.1, -0.05) is 13.8 Å². The fourth-order valence-corrected chi connectivity index (χ4v) is 2.73. The van der Waals surface area contributed by atoms with Crippen LogP contribution < -0.4 is 10.5 Å². The smallest absolute Gasteiger partial charge is 0.119 e. The molecule has 2 N–H and O–H groups in total. The second kappa shape index (κ2) is 6.95. The Morgan fingerprint density at radius 1 is 1.15 bits per heavy atom. The molecule has 0 bridgehead atoms. The third-order valence-electron chi connectivity index (χ3n) is 3.83. The van der Waals surface area contributed by atoms with Crippen LogP contribution in [0.15, 0.2) is 18.2 Å². The van der Waals surface area contributed by atoms with E-state index in [1.165, 1.54) is 12.1 Å². The Balaban J connectivity index is 1.89. The number of hydrogen-bond acceptors (Lipinski definition) is 4. The van der Waals surface area contributed by atoms with Gasteiger partial charge in [0.25, 0.3) is 0 Å². The summed E-state index contributed by atoms with van der Waals surface area (Å²) in [4.78, 5) is 5.03. The Morgan fingerprint density at radius 2 is 1.80 bits per heavy atom. The molecule has 1 aromatic rings. The van der Waals surface area contributed by atoms with Gasteiger partial charge < -0.3 is 15.4 Å². The Labute approximate surface area is 122 Å². The van der Waals surface area contributed by atoms with Crippen molar-refractivity contribution in [2.75, 3.05) is 45.6 Å². The van der Waals surface area contributed by atoms with Gasteiger partial charge in [0.1, 0.15) is 5.75 Å². The maximum Gasteiger partial charge on any atom is 0.119 e. The molecule has 2 rings (SSSR count). The molecule has 0 saturated carbocycles. The Bertz CT molecular complexity index is 426. The minimum Gasteiger partial charge on any atom is -0.497 e. The first-order valence-electron chi connectivity index (χ1n) is 7.45. The van der Waals surface area contributed by atoms with E-state index in [-0.39, 0.29) is 0 Å². The highest BCUT2D eigenvalue weighted by atomic mass is 16.5. The molecule has 0 aliphatic carbocycles. The van der Waals surface area contributed by atoms with Gasteiger partial charge in [-0.05, 0) is 29.7 Å². The molecule has 0 aromatic heterocycles. The number of hydrogen-bond donors (Lipinski definition) is 1. The predicted octanol–water partition coefficient (Wildman–Crippen LogP) is 2.05. The number of ether oxygens (including phenoxy) is 1. The molecule has 1 aliphatic heterocycles. The normalized spacial score (nSPS) is 17.6. The lowest BCUT2D eigenvalue weighted by Gasteiger charge is -2.35. The standard InChI is InChI=1S/C16H27N3O/c1-13(2)11-18-6-8-19(9-7-18)12-14-10-15(20-3)4-5-16(14)17/h4-5,10,13H,6-9,11-12,17H2,1-3H3. The van der Waals surface area contributed by atoms with Crippen molar-refractivity contribution in [3.63, 3.8) is 0 Å². The molecule has 1 aliphatic rings. The molecule has 0 amide bonds. The van der Waals surface area contributed by atoms with Crippen molar-refractivity contribution in [2.24, 2.45) is 5.92 Å². The number of piperazine rings is 1. The van der Waals surface area contributed by atoms with Crippen LogP contribution in [0, 0.1) is 5.92 Å². The lowest BCUT2D eigenvalue weighted by Crippen LogP contribution is -2.46. The average Bonchev–Trinajstić information content (AvgIpc) is 2.43. The zero-order valence-corrected chi connectivity index (χ0v) is 12.9. The molecule has 1 aromatic carbocycles. The van der Waals surface area contributed by atoms with E-state index < -0.39 is 0 Å². The molecular formula is C16H27N3O. The molecule has 0 atom stereocenters. The lowest BCUT2D eigenvalue weighted by molar-refractivity contribution is 0.117. The van der Waals surface area contributed by atoms with Crippen molar-refractivity contribution in [1.82, 2.24) is 9.80 Å². The molecule has 0 radical (unpaired) electrons. The predicted molar refractivity (Wildman–Crippen MR) is 84.0 cm³/mol. The quantitative estimate of drug-likeness (QED) is 0.837. The second-order valence-corrected chi connectivity index (χ2v) is 6.04. The zero-order valence-electron chi connectivity index (χ0n) is 12.9. The summed E-state index contributed by atoms with van der Waals surface area (Å²) in [6.07, 6.45) is 0. The fourth-order valence-electron chi connectivity index (χ4n) is 2.73. The number of methoxy groups -OCH3 is 1. The molecule has 0 spiro atoms. The van der Waals surface area contributed by atoms with E-state index in [2.05, 4.69) is 29.7 Å². The van der Waals surface area contributed by atoms with Crippen molar-refractivity contribution >= 4 is 5.69 Å². The summed E-state index contributed by atoms with van der Waals surface area (Å²) in [5, 5.41) is 0. The molecule has 20 heavy (non-hydrogen) atoms. The molecule has 1 fully saturated rings. The van der Waals surface area contributed by atoms with Crippen molar-refractivity contribution < 1.29 is 4.74 Å². The highest BCUT2D eigenvalue weighted by Crippen LogP contribution is 2.21. The molecule has 4 nitrogen and oxygen atoms in total. The van der Waals surface area contributed by atoms with Crippen LogP contribution in [-0.2, 0) is 6.54 Å². The highest BCUT2D eigenvalue weighted by Gasteiger charge is 2.18. The van der Waals surface area contributed by atoms with Gasteiger partial charge in [0.2, 0.25) is 0 Å². The topological polar surface area (TPSA) is 41.7 Å². The van der Waals surface area contributed by atoms with Gasteiger partial charge in [0.15, 0.2) is 0 Å². The number of benzene rings is 1. The van der Waals surface area contributed by atoms with Crippen molar-refractivity contribution in [1.29, 1.82) is 0 Å². The number of nitrogens with two attached hydrogens (primary N) is 1. The minimum atomic E-state index is 0.746. The number of rotatable bonds is 5. The molecule has 1 saturated heterocycles. The van der Waals surface area contributed by atoms with E-state index in [4.69, 9.17) is 10.5 Å². The Morgan fingerprint density at radius 3 is 2.40 bits per heavy atom. The van der Waals surface area contributed by atoms with E-state index in [9.17, 15) is 0 Å². The summed E-state index contributed by atoms with van der Waals surface area (Å²) in [6, 6.07) is 5.90. The monoisotopic (exact) mass is 277 g/mol. The fraction of sp³-hybridized carbons (Fsp3) is 0.625. The van der Waals surface area contributed by atoms with E-state index in [0.717, 1.165) is 50.1 Å². The van der Waals surface area contributed by atoms with Gasteiger partial charge in [0, 0.05) is 45.0 Å². The van der Waals surface area contributed by atoms with E-state index >= 15 is 0 Å². The first-order valence-corrected chi connectivity index (χ1v) is 7.45. The molecule has 112 valence electrons. The highest BCUT2D eigenvalue weighted by molar-refractivity contribution is 5.50. The van der Waals surface area contributed by atoms with Crippen LogP contribution in [0.2, 0.25) is 0 Å². The van der Waals surface area contributed by atoms with Gasteiger partial charge >= 0.3 is 0 Å². The molecule has 0 unspecified atom stereocenters. The van der Waals surface area contributed by atoms with Gasteiger partial charge in [-0.15, -0.1) is 0 Å². The summed E-state index contributed by atoms with van der Waals surface area (Å²) < 4.78 is 5.28. The van der Waals surface area contributed by atoms with E-state index in [1.807, 2.05) is 12.1 Å². The van der Waals surface area contributed by atoms with E-state index in [0.29, 0.717) is 0 Å². The molecule has 4 heteroatoms. The zero-order chi connectivity index (χ0) is 14.5. The summed E-state index contributed by atoms with van der Waals surface area (Å²) >= 11 is 0. The lowest BCUT2D eigenvalue weighted by atomic mass is 10.1. The van der Waals surface area contributed by atoms with Crippen LogP contribution in [0.4, 0.5) is 5.69 Å². The van der Waals surface area contributed by atoms with Gasteiger partial charge in [-0.3, -0.25) is 4.90 Å². The SMILES string of the molecule is COc1ccc(N)c(CN2CCN(CC(C)C)CC2)c1. The van der Waals surface area contributed by atoms with Crippen molar-refractivity contribution in [3.8, 4) is 5.75 Å². The third-order valence-corrected chi connectivity index (χ3v) is 3.83. The number of nitrogen functional groups attached to an aromatic ring is 1. The molecular weight excluding hydrogens is 250 g/mol. The summed E-state index contributed by atoms with van der Waals surface area (Å²) in [6.45, 7) is 11.2. The third kappa shape index (κ3) is 4.12. The first kappa shape index (κ1) is 15.1. The second-order valence-electron chi connectivity index (χ2n) is 6.04. The van der Waals surface area contributed by atoms with Crippen molar-refractivity contribution in [2.45, 2.75) is 20.4 Å². The van der Waals surface area contributed by atoms with Gasteiger partial charge in [0.05, 0.1) is 7.11 Å².